The number of aromatic amines is 1. The van der Waals surface area contributed by atoms with E-state index in [4.69, 9.17) is 4.74 Å². The van der Waals surface area contributed by atoms with Gasteiger partial charge in [0.15, 0.2) is 5.78 Å². The van der Waals surface area contributed by atoms with Gasteiger partial charge < -0.3 is 14.6 Å². The molecule has 2 aromatic carbocycles. The Hall–Kier alpha value is -3.14. The summed E-state index contributed by atoms with van der Waals surface area (Å²) in [6.45, 7) is 10.2. The SMILES string of the molecule is CC1(C)c2cc(N3CCC(N4CCOCC4)CC3)ccc2C(=O)c2c1[nH]c1cc(C#N)ccc21. The summed E-state index contributed by atoms with van der Waals surface area (Å²) in [5.41, 5.74) is 5.85. The minimum atomic E-state index is -0.341. The molecule has 6 nitrogen and oxygen atoms in total. The maximum atomic E-state index is 13.6. The van der Waals surface area contributed by atoms with Gasteiger partial charge in [0.1, 0.15) is 0 Å². The zero-order valence-corrected chi connectivity index (χ0v) is 19.9. The van der Waals surface area contributed by atoms with Gasteiger partial charge in [0, 0.05) is 65.5 Å². The number of ketones is 1. The Bertz CT molecular complexity index is 1320. The van der Waals surface area contributed by atoms with E-state index in [2.05, 4.69) is 46.8 Å². The first kappa shape index (κ1) is 21.4. The van der Waals surface area contributed by atoms with Crippen LogP contribution >= 0.6 is 0 Å². The molecule has 2 saturated heterocycles. The zero-order chi connectivity index (χ0) is 23.4. The second-order valence-electron chi connectivity index (χ2n) is 10.3. The summed E-state index contributed by atoms with van der Waals surface area (Å²) in [5, 5.41) is 10.2. The van der Waals surface area contributed by atoms with Crippen LogP contribution in [0.1, 0.15) is 59.4 Å². The molecule has 1 aliphatic carbocycles. The summed E-state index contributed by atoms with van der Waals surface area (Å²) in [5.74, 6) is 0.0675. The fraction of sp³-hybridized carbons (Fsp3) is 0.429. The molecule has 0 atom stereocenters. The molecule has 6 rings (SSSR count). The lowest BCUT2D eigenvalue weighted by Gasteiger charge is -2.41. The molecule has 3 aliphatic rings. The summed E-state index contributed by atoms with van der Waals surface area (Å²) < 4.78 is 5.52. The van der Waals surface area contributed by atoms with Crippen molar-refractivity contribution in [3.8, 4) is 6.07 Å². The number of benzene rings is 2. The van der Waals surface area contributed by atoms with Crippen molar-refractivity contribution in [3.63, 3.8) is 0 Å². The minimum absolute atomic E-state index is 0.0675. The van der Waals surface area contributed by atoms with Crippen LogP contribution < -0.4 is 4.90 Å². The number of H-pyrrole nitrogens is 1. The third-order valence-electron chi connectivity index (χ3n) is 8.09. The van der Waals surface area contributed by atoms with Crippen molar-refractivity contribution in [2.45, 2.75) is 38.1 Å². The van der Waals surface area contributed by atoms with E-state index in [-0.39, 0.29) is 11.2 Å². The number of carbonyl (C=O) groups excluding carboxylic acids is 1. The van der Waals surface area contributed by atoms with Gasteiger partial charge in [-0.2, -0.15) is 5.26 Å². The number of fused-ring (bicyclic) bond motifs is 4. The molecule has 6 heteroatoms. The molecule has 34 heavy (non-hydrogen) atoms. The maximum absolute atomic E-state index is 13.6. The molecule has 2 fully saturated rings. The number of nitrogens with one attached hydrogen (secondary N) is 1. The molecule has 0 unspecified atom stereocenters. The normalized spacial score (nSPS) is 20.7. The Balaban J connectivity index is 1.31. The van der Waals surface area contributed by atoms with Crippen LogP contribution in [0.5, 0.6) is 0 Å². The van der Waals surface area contributed by atoms with Crippen molar-refractivity contribution >= 4 is 22.4 Å². The molecular weight excluding hydrogens is 424 g/mol. The predicted molar refractivity (Wildman–Crippen MR) is 133 cm³/mol. The maximum Gasteiger partial charge on any atom is 0.195 e. The smallest absolute Gasteiger partial charge is 0.195 e. The summed E-state index contributed by atoms with van der Waals surface area (Å²) in [6, 6.07) is 14.7. The van der Waals surface area contributed by atoms with Gasteiger partial charge in [-0.1, -0.05) is 19.9 Å². The molecule has 174 valence electrons. The van der Waals surface area contributed by atoms with Gasteiger partial charge in [0.05, 0.1) is 30.4 Å². The van der Waals surface area contributed by atoms with Crippen molar-refractivity contribution in [1.82, 2.24) is 9.88 Å². The lowest BCUT2D eigenvalue weighted by molar-refractivity contribution is 0.0115. The highest BCUT2D eigenvalue weighted by Gasteiger charge is 2.40. The lowest BCUT2D eigenvalue weighted by Crippen LogP contribution is -2.49. The summed E-state index contributed by atoms with van der Waals surface area (Å²) in [4.78, 5) is 22.2. The number of morpholine rings is 1. The highest BCUT2D eigenvalue weighted by molar-refractivity contribution is 6.20. The summed E-state index contributed by atoms with van der Waals surface area (Å²) in [6.07, 6.45) is 2.32. The number of ether oxygens (including phenoxy) is 1. The third kappa shape index (κ3) is 3.26. The molecule has 0 saturated carbocycles. The number of aromatic nitrogens is 1. The highest BCUT2D eigenvalue weighted by atomic mass is 16.5. The predicted octanol–water partition coefficient (Wildman–Crippen LogP) is 4.21. The molecule has 0 spiro atoms. The van der Waals surface area contributed by atoms with E-state index in [0.29, 0.717) is 11.6 Å². The third-order valence-corrected chi connectivity index (χ3v) is 8.09. The Morgan fingerprint density at radius 1 is 1.06 bits per heavy atom. The van der Waals surface area contributed by atoms with E-state index in [1.807, 2.05) is 18.2 Å². The number of carbonyl (C=O) groups is 1. The van der Waals surface area contributed by atoms with E-state index in [0.717, 1.165) is 85.5 Å². The number of nitrogens with zero attached hydrogens (tertiary/aromatic N) is 3. The van der Waals surface area contributed by atoms with Gasteiger partial charge in [-0.05, 0) is 48.7 Å². The van der Waals surface area contributed by atoms with Crippen molar-refractivity contribution < 1.29 is 9.53 Å². The minimum Gasteiger partial charge on any atom is -0.379 e. The second kappa shape index (κ2) is 7.97. The molecule has 1 aromatic heterocycles. The van der Waals surface area contributed by atoms with Crippen LogP contribution in [0.3, 0.4) is 0 Å². The van der Waals surface area contributed by atoms with Crippen LogP contribution in [-0.2, 0) is 10.2 Å². The summed E-state index contributed by atoms with van der Waals surface area (Å²) >= 11 is 0. The van der Waals surface area contributed by atoms with Gasteiger partial charge in [0.2, 0.25) is 0 Å². The van der Waals surface area contributed by atoms with Gasteiger partial charge in [-0.3, -0.25) is 9.69 Å². The standard InChI is InChI=1S/C28H30N4O2/c1-28(2)23-16-20(31-9-7-19(8-10-31)32-11-13-34-14-12-32)4-6-21(23)26(33)25-22-5-3-18(17-29)15-24(22)30-27(25)28/h3-6,15-16,19,30H,7-14H2,1-2H3. The molecule has 1 N–H and O–H groups in total. The second-order valence-corrected chi connectivity index (χ2v) is 10.3. The average Bonchev–Trinajstić information content (AvgIpc) is 3.28. The molecule has 2 aliphatic heterocycles. The number of anilines is 1. The molecular formula is C28H30N4O2. The monoisotopic (exact) mass is 454 g/mol. The van der Waals surface area contributed by atoms with Crippen LogP contribution in [0.15, 0.2) is 36.4 Å². The van der Waals surface area contributed by atoms with E-state index in [1.54, 1.807) is 6.07 Å². The fourth-order valence-corrected chi connectivity index (χ4v) is 6.12. The van der Waals surface area contributed by atoms with Crippen molar-refractivity contribution in [3.05, 3.63) is 64.3 Å². The topological polar surface area (TPSA) is 72.4 Å². The molecule has 0 amide bonds. The first-order valence-corrected chi connectivity index (χ1v) is 12.3. The molecule has 3 aromatic rings. The Morgan fingerprint density at radius 2 is 1.82 bits per heavy atom. The average molecular weight is 455 g/mol. The van der Waals surface area contributed by atoms with Crippen molar-refractivity contribution in [1.29, 1.82) is 5.26 Å². The van der Waals surface area contributed by atoms with Crippen molar-refractivity contribution in [2.24, 2.45) is 0 Å². The largest absolute Gasteiger partial charge is 0.379 e. The van der Waals surface area contributed by atoms with E-state index in [1.165, 1.54) is 5.69 Å². The number of hydrogen-bond acceptors (Lipinski definition) is 5. The van der Waals surface area contributed by atoms with Gasteiger partial charge in [-0.15, -0.1) is 0 Å². The van der Waals surface area contributed by atoms with Gasteiger partial charge in [0.25, 0.3) is 0 Å². The van der Waals surface area contributed by atoms with Crippen LogP contribution in [0.4, 0.5) is 5.69 Å². The van der Waals surface area contributed by atoms with Crippen LogP contribution in [0.25, 0.3) is 10.9 Å². The summed E-state index contributed by atoms with van der Waals surface area (Å²) in [7, 11) is 0. The Morgan fingerprint density at radius 3 is 2.56 bits per heavy atom. The number of rotatable bonds is 2. The Labute approximate surface area is 200 Å². The van der Waals surface area contributed by atoms with Gasteiger partial charge >= 0.3 is 0 Å². The van der Waals surface area contributed by atoms with Crippen molar-refractivity contribution in [2.75, 3.05) is 44.3 Å². The lowest BCUT2D eigenvalue weighted by atomic mass is 9.71. The first-order chi connectivity index (χ1) is 16.5. The fourth-order valence-electron chi connectivity index (χ4n) is 6.12. The van der Waals surface area contributed by atoms with Crippen LogP contribution in [-0.4, -0.2) is 61.1 Å². The van der Waals surface area contributed by atoms with Crippen LogP contribution in [0.2, 0.25) is 0 Å². The van der Waals surface area contributed by atoms with E-state index < -0.39 is 0 Å². The van der Waals surface area contributed by atoms with E-state index in [9.17, 15) is 10.1 Å². The Kier molecular flexibility index (Phi) is 5.02. The number of nitriles is 1. The van der Waals surface area contributed by atoms with Crippen LogP contribution in [0, 0.1) is 11.3 Å². The van der Waals surface area contributed by atoms with E-state index >= 15 is 0 Å². The van der Waals surface area contributed by atoms with Gasteiger partial charge in [-0.25, -0.2) is 0 Å². The number of piperidine rings is 1. The zero-order valence-electron chi connectivity index (χ0n) is 19.9. The molecule has 0 bridgehead atoms. The quantitative estimate of drug-likeness (QED) is 0.628. The highest BCUT2D eigenvalue weighted by Crippen LogP contribution is 2.45. The molecule has 3 heterocycles. The first-order valence-electron chi connectivity index (χ1n) is 12.3. The molecule has 0 radical (unpaired) electrons. The number of hydrogen-bond donors (Lipinski definition) is 1.